The van der Waals surface area contributed by atoms with E-state index >= 15 is 0 Å². The minimum absolute atomic E-state index is 0.0450. The lowest BCUT2D eigenvalue weighted by molar-refractivity contribution is -0.125. The molecule has 0 aromatic rings. The smallest absolute Gasteiger partial charge is 0.227 e. The Morgan fingerprint density at radius 1 is 1.60 bits per heavy atom. The first kappa shape index (κ1) is 12.5. The lowest BCUT2D eigenvalue weighted by Crippen LogP contribution is -2.44. The third kappa shape index (κ3) is 3.80. The molecule has 15 heavy (non-hydrogen) atoms. The molecule has 0 bridgehead atoms. The summed E-state index contributed by atoms with van der Waals surface area (Å²) in [5.41, 5.74) is 5.77. The lowest BCUT2D eigenvalue weighted by Gasteiger charge is -2.18. The maximum atomic E-state index is 11.8. The van der Waals surface area contributed by atoms with E-state index in [-0.39, 0.29) is 23.9 Å². The van der Waals surface area contributed by atoms with Crippen LogP contribution in [0.15, 0.2) is 0 Å². The van der Waals surface area contributed by atoms with Gasteiger partial charge in [-0.05, 0) is 13.3 Å². The van der Waals surface area contributed by atoms with E-state index in [2.05, 4.69) is 12.2 Å². The van der Waals surface area contributed by atoms with Crippen molar-refractivity contribution >= 4 is 5.91 Å². The number of carbonyl (C=O) groups excluding carboxylic acids is 1. The van der Waals surface area contributed by atoms with Gasteiger partial charge in [0.05, 0.1) is 19.1 Å². The number of nitrogens with two attached hydrogens (primary N) is 1. The Kier molecular flexibility index (Phi) is 5.05. The first-order valence-electron chi connectivity index (χ1n) is 5.78. The molecule has 88 valence electrons. The fourth-order valence-electron chi connectivity index (χ4n) is 1.77. The molecule has 4 nitrogen and oxygen atoms in total. The molecule has 4 heteroatoms. The molecule has 0 aliphatic carbocycles. The number of carbonyl (C=O) groups is 1. The summed E-state index contributed by atoms with van der Waals surface area (Å²) in [5.74, 6) is -0.113. The van der Waals surface area contributed by atoms with E-state index < -0.39 is 0 Å². The van der Waals surface area contributed by atoms with Gasteiger partial charge in [0.25, 0.3) is 0 Å². The van der Waals surface area contributed by atoms with Gasteiger partial charge in [0.2, 0.25) is 5.91 Å². The molecule has 0 radical (unpaired) electrons. The summed E-state index contributed by atoms with van der Waals surface area (Å²) in [6.07, 6.45) is 3.34. The standard InChI is InChI=1S/C11H22N2O2/c1-3-4-5-8(2)13-11(14)9-6-15-7-10(9)12/h8-10H,3-7,12H2,1-2H3,(H,13,14). The van der Waals surface area contributed by atoms with Crippen LogP contribution in [0.25, 0.3) is 0 Å². The second-order valence-corrected chi connectivity index (χ2v) is 4.36. The first-order chi connectivity index (χ1) is 7.15. The van der Waals surface area contributed by atoms with E-state index in [0.29, 0.717) is 13.2 Å². The van der Waals surface area contributed by atoms with Crippen LogP contribution in [-0.2, 0) is 9.53 Å². The van der Waals surface area contributed by atoms with Gasteiger partial charge in [-0.2, -0.15) is 0 Å². The predicted octanol–water partition coefficient (Wildman–Crippen LogP) is 0.655. The van der Waals surface area contributed by atoms with Crippen molar-refractivity contribution < 1.29 is 9.53 Å². The van der Waals surface area contributed by atoms with Crippen molar-refractivity contribution in [2.24, 2.45) is 11.7 Å². The second kappa shape index (κ2) is 6.08. The third-order valence-corrected chi connectivity index (χ3v) is 2.84. The van der Waals surface area contributed by atoms with E-state index in [4.69, 9.17) is 10.5 Å². The molecule has 0 saturated carbocycles. The fourth-order valence-corrected chi connectivity index (χ4v) is 1.77. The summed E-state index contributed by atoms with van der Waals surface area (Å²) in [5, 5.41) is 2.99. The van der Waals surface area contributed by atoms with Crippen molar-refractivity contribution in [2.75, 3.05) is 13.2 Å². The van der Waals surface area contributed by atoms with Gasteiger partial charge in [0, 0.05) is 12.1 Å². The second-order valence-electron chi connectivity index (χ2n) is 4.36. The first-order valence-corrected chi connectivity index (χ1v) is 5.78. The molecular weight excluding hydrogens is 192 g/mol. The Hall–Kier alpha value is -0.610. The van der Waals surface area contributed by atoms with Gasteiger partial charge >= 0.3 is 0 Å². The molecule has 1 aliphatic rings. The van der Waals surface area contributed by atoms with Gasteiger partial charge in [-0.3, -0.25) is 4.79 Å². The highest BCUT2D eigenvalue weighted by molar-refractivity contribution is 5.80. The molecule has 3 N–H and O–H groups in total. The third-order valence-electron chi connectivity index (χ3n) is 2.84. The van der Waals surface area contributed by atoms with Crippen LogP contribution in [0, 0.1) is 5.92 Å². The molecule has 1 heterocycles. The number of amides is 1. The number of ether oxygens (including phenoxy) is 1. The van der Waals surface area contributed by atoms with Crippen LogP contribution >= 0.6 is 0 Å². The molecule has 0 spiro atoms. The lowest BCUT2D eigenvalue weighted by atomic mass is 10.0. The summed E-state index contributed by atoms with van der Waals surface area (Å²) in [6.45, 7) is 5.15. The highest BCUT2D eigenvalue weighted by Gasteiger charge is 2.31. The molecule has 1 fully saturated rings. The van der Waals surface area contributed by atoms with E-state index in [1.54, 1.807) is 0 Å². The largest absolute Gasteiger partial charge is 0.379 e. The average molecular weight is 214 g/mol. The molecular formula is C11H22N2O2. The van der Waals surface area contributed by atoms with E-state index in [1.807, 2.05) is 6.92 Å². The minimum Gasteiger partial charge on any atom is -0.379 e. The number of rotatable bonds is 5. The van der Waals surface area contributed by atoms with Crippen LogP contribution < -0.4 is 11.1 Å². The van der Waals surface area contributed by atoms with E-state index in [0.717, 1.165) is 19.3 Å². The van der Waals surface area contributed by atoms with Crippen molar-refractivity contribution in [1.82, 2.24) is 5.32 Å². The normalized spacial score (nSPS) is 27.7. The predicted molar refractivity (Wildman–Crippen MR) is 59.4 cm³/mol. The zero-order valence-corrected chi connectivity index (χ0v) is 9.66. The van der Waals surface area contributed by atoms with Crippen LogP contribution in [0.2, 0.25) is 0 Å². The van der Waals surface area contributed by atoms with Crippen LogP contribution in [0.1, 0.15) is 33.1 Å². The quantitative estimate of drug-likeness (QED) is 0.706. The summed E-state index contributed by atoms with van der Waals surface area (Å²) in [7, 11) is 0. The summed E-state index contributed by atoms with van der Waals surface area (Å²) in [4.78, 5) is 11.8. The number of nitrogens with one attached hydrogen (secondary N) is 1. The molecule has 1 aliphatic heterocycles. The van der Waals surface area contributed by atoms with Crippen molar-refractivity contribution in [3.63, 3.8) is 0 Å². The van der Waals surface area contributed by atoms with Crippen LogP contribution in [-0.4, -0.2) is 31.2 Å². The molecule has 0 aromatic heterocycles. The molecule has 1 rings (SSSR count). The van der Waals surface area contributed by atoms with E-state index in [9.17, 15) is 4.79 Å². The van der Waals surface area contributed by atoms with Crippen LogP contribution in [0.5, 0.6) is 0 Å². The monoisotopic (exact) mass is 214 g/mol. The van der Waals surface area contributed by atoms with Gasteiger partial charge < -0.3 is 15.8 Å². The van der Waals surface area contributed by atoms with Gasteiger partial charge in [0.1, 0.15) is 0 Å². The van der Waals surface area contributed by atoms with Gasteiger partial charge in [-0.25, -0.2) is 0 Å². The SMILES string of the molecule is CCCCC(C)NC(=O)C1COCC1N. The molecule has 1 amide bonds. The topological polar surface area (TPSA) is 64.3 Å². The molecule has 1 saturated heterocycles. The highest BCUT2D eigenvalue weighted by atomic mass is 16.5. The number of hydrogen-bond donors (Lipinski definition) is 2. The average Bonchev–Trinajstić information content (AvgIpc) is 2.61. The van der Waals surface area contributed by atoms with Gasteiger partial charge in [0.15, 0.2) is 0 Å². The summed E-state index contributed by atoms with van der Waals surface area (Å²) in [6, 6.07) is 0.105. The van der Waals surface area contributed by atoms with Crippen molar-refractivity contribution in [2.45, 2.75) is 45.2 Å². The highest BCUT2D eigenvalue weighted by Crippen LogP contribution is 2.12. The Morgan fingerprint density at radius 3 is 2.87 bits per heavy atom. The maximum Gasteiger partial charge on any atom is 0.227 e. The zero-order valence-electron chi connectivity index (χ0n) is 9.66. The maximum absolute atomic E-state index is 11.8. The Labute approximate surface area is 91.5 Å². The molecule has 0 aromatic carbocycles. The minimum atomic E-state index is -0.158. The zero-order chi connectivity index (χ0) is 11.3. The number of hydrogen-bond acceptors (Lipinski definition) is 3. The number of unbranched alkanes of at least 4 members (excludes halogenated alkanes) is 1. The van der Waals surface area contributed by atoms with Gasteiger partial charge in [-0.1, -0.05) is 19.8 Å². The van der Waals surface area contributed by atoms with Crippen LogP contribution in [0.4, 0.5) is 0 Å². The van der Waals surface area contributed by atoms with Crippen molar-refractivity contribution in [1.29, 1.82) is 0 Å². The molecule has 3 atom stereocenters. The summed E-state index contributed by atoms with van der Waals surface area (Å²) < 4.78 is 5.17. The van der Waals surface area contributed by atoms with Crippen molar-refractivity contribution in [3.05, 3.63) is 0 Å². The van der Waals surface area contributed by atoms with Gasteiger partial charge in [-0.15, -0.1) is 0 Å². The van der Waals surface area contributed by atoms with Crippen molar-refractivity contribution in [3.8, 4) is 0 Å². The summed E-state index contributed by atoms with van der Waals surface area (Å²) >= 11 is 0. The fraction of sp³-hybridized carbons (Fsp3) is 0.909. The molecule has 3 unspecified atom stereocenters. The Morgan fingerprint density at radius 2 is 2.33 bits per heavy atom. The Bertz CT molecular complexity index is 209. The van der Waals surface area contributed by atoms with E-state index in [1.165, 1.54) is 0 Å². The Balaban J connectivity index is 2.28. The van der Waals surface area contributed by atoms with Crippen LogP contribution in [0.3, 0.4) is 0 Å².